The lowest BCUT2D eigenvalue weighted by Crippen LogP contribution is -2.33. The lowest BCUT2D eigenvalue weighted by atomic mass is 9.95. The van der Waals surface area contributed by atoms with Gasteiger partial charge in [-0.25, -0.2) is 8.42 Å². The van der Waals surface area contributed by atoms with E-state index in [0.29, 0.717) is 6.42 Å². The molecule has 7 heteroatoms. The predicted molar refractivity (Wildman–Crippen MR) is 84.1 cm³/mol. The fourth-order valence-corrected chi connectivity index (χ4v) is 5.51. The van der Waals surface area contributed by atoms with E-state index in [4.69, 9.17) is 5.73 Å². The predicted octanol–water partition coefficient (Wildman–Crippen LogP) is 2.54. The van der Waals surface area contributed by atoms with Crippen LogP contribution in [0.5, 0.6) is 0 Å². The van der Waals surface area contributed by atoms with Crippen LogP contribution in [0.25, 0.3) is 0 Å². The van der Waals surface area contributed by atoms with Crippen LogP contribution < -0.4 is 10.6 Å². The van der Waals surface area contributed by atoms with E-state index in [1.807, 2.05) is 6.92 Å². The molecule has 2 rings (SSSR count). The van der Waals surface area contributed by atoms with Crippen LogP contribution in [0, 0.1) is 5.92 Å². The lowest BCUT2D eigenvalue weighted by molar-refractivity contribution is 0.395. The van der Waals surface area contributed by atoms with Crippen LogP contribution in [0.4, 0.5) is 10.8 Å². The summed E-state index contributed by atoms with van der Waals surface area (Å²) in [7, 11) is -3.32. The Morgan fingerprint density at radius 1 is 1.35 bits per heavy atom. The number of piperidine rings is 1. The maximum Gasteiger partial charge on any atom is 0.185 e. The summed E-state index contributed by atoms with van der Waals surface area (Å²) in [5.41, 5.74) is 5.81. The first kappa shape index (κ1) is 15.6. The summed E-state index contributed by atoms with van der Waals surface area (Å²) in [6.45, 7) is 5.87. The van der Waals surface area contributed by atoms with Crippen molar-refractivity contribution in [3.05, 3.63) is 0 Å². The monoisotopic (exact) mass is 317 g/mol. The normalized spacial score (nSPS) is 17.6. The first-order valence-corrected chi connectivity index (χ1v) is 9.65. The highest BCUT2D eigenvalue weighted by atomic mass is 32.2. The number of hydrogen-bond donors (Lipinski definition) is 1. The molecule has 1 aromatic heterocycles. The van der Waals surface area contributed by atoms with E-state index in [1.54, 1.807) is 0 Å². The summed E-state index contributed by atoms with van der Waals surface area (Å²) in [4.78, 5) is 2.40. The van der Waals surface area contributed by atoms with Crippen LogP contribution >= 0.6 is 11.5 Å². The second kappa shape index (κ2) is 6.30. The molecule has 1 aliphatic rings. The summed E-state index contributed by atoms with van der Waals surface area (Å²) >= 11 is 1.22. The molecule has 0 saturated carbocycles. The molecular weight excluding hydrogens is 294 g/mol. The van der Waals surface area contributed by atoms with Crippen molar-refractivity contribution >= 4 is 32.2 Å². The van der Waals surface area contributed by atoms with Crippen LogP contribution in [0.2, 0.25) is 0 Å². The largest absolute Gasteiger partial charge is 0.382 e. The Morgan fingerprint density at radius 3 is 2.55 bits per heavy atom. The van der Waals surface area contributed by atoms with Gasteiger partial charge < -0.3 is 10.6 Å². The Balaban J connectivity index is 2.26. The molecular formula is C13H23N3O2S2. The average Bonchev–Trinajstić information content (AvgIpc) is 2.81. The third kappa shape index (κ3) is 3.09. The third-order valence-electron chi connectivity index (χ3n) is 3.92. The van der Waals surface area contributed by atoms with Gasteiger partial charge in [-0.3, -0.25) is 0 Å². The molecule has 20 heavy (non-hydrogen) atoms. The number of rotatable bonds is 5. The van der Waals surface area contributed by atoms with Crippen molar-refractivity contribution in [2.45, 2.75) is 44.4 Å². The number of hydrogen-bond acceptors (Lipinski definition) is 6. The Labute approximate surface area is 125 Å². The lowest BCUT2D eigenvalue weighted by Gasteiger charge is -2.32. The van der Waals surface area contributed by atoms with Gasteiger partial charge in [-0.15, -0.1) is 0 Å². The number of sulfone groups is 1. The first-order valence-electron chi connectivity index (χ1n) is 7.22. The second-order valence-electron chi connectivity index (χ2n) is 5.36. The summed E-state index contributed by atoms with van der Waals surface area (Å²) in [5, 5.41) is 0.741. The van der Waals surface area contributed by atoms with Crippen LogP contribution in [0.15, 0.2) is 4.90 Å². The Morgan fingerprint density at radius 2 is 2.00 bits per heavy atom. The molecule has 0 aliphatic carbocycles. The van der Waals surface area contributed by atoms with Crippen LogP contribution in [0.1, 0.15) is 39.5 Å². The zero-order valence-electron chi connectivity index (χ0n) is 12.1. The molecule has 1 fully saturated rings. The van der Waals surface area contributed by atoms with Gasteiger partial charge in [0.15, 0.2) is 15.7 Å². The van der Waals surface area contributed by atoms with Gasteiger partial charge in [0.25, 0.3) is 0 Å². The highest BCUT2D eigenvalue weighted by molar-refractivity contribution is 7.91. The SMILES string of the molecule is CCCS(=O)(=O)c1c(N)nsc1N1CCC(CC)CC1. The van der Waals surface area contributed by atoms with Crippen molar-refractivity contribution in [2.75, 3.05) is 29.5 Å². The van der Waals surface area contributed by atoms with Gasteiger partial charge in [0, 0.05) is 13.1 Å². The standard InChI is InChI=1S/C13H23N3O2S2/c1-3-9-20(17,18)11-12(14)15-19-13(11)16-7-5-10(4-2)6-8-16/h10H,3-9H2,1-2H3,(H2,14,15). The maximum atomic E-state index is 12.4. The minimum atomic E-state index is -3.32. The van der Waals surface area contributed by atoms with Gasteiger partial charge in [-0.05, 0) is 36.7 Å². The molecule has 114 valence electrons. The van der Waals surface area contributed by atoms with Crippen molar-refractivity contribution < 1.29 is 8.42 Å². The first-order chi connectivity index (χ1) is 9.49. The minimum Gasteiger partial charge on any atom is -0.382 e. The van der Waals surface area contributed by atoms with Gasteiger partial charge >= 0.3 is 0 Å². The van der Waals surface area contributed by atoms with Crippen molar-refractivity contribution in [1.82, 2.24) is 4.37 Å². The summed E-state index contributed by atoms with van der Waals surface area (Å²) in [5.74, 6) is 1.05. The molecule has 1 saturated heterocycles. The second-order valence-corrected chi connectivity index (χ2v) is 8.16. The van der Waals surface area contributed by atoms with Crippen molar-refractivity contribution in [3.8, 4) is 0 Å². The van der Waals surface area contributed by atoms with Crippen LogP contribution in [0.3, 0.4) is 0 Å². The van der Waals surface area contributed by atoms with E-state index in [0.717, 1.165) is 36.9 Å². The van der Waals surface area contributed by atoms with Gasteiger partial charge in [0.2, 0.25) is 0 Å². The summed E-state index contributed by atoms with van der Waals surface area (Å²) in [6.07, 6.45) is 4.01. The molecule has 0 spiro atoms. The van der Waals surface area contributed by atoms with Gasteiger partial charge in [0.05, 0.1) is 5.75 Å². The topological polar surface area (TPSA) is 76.3 Å². The number of anilines is 2. The van der Waals surface area contributed by atoms with E-state index < -0.39 is 9.84 Å². The van der Waals surface area contributed by atoms with E-state index in [-0.39, 0.29) is 16.5 Å². The van der Waals surface area contributed by atoms with Crippen LogP contribution in [-0.2, 0) is 9.84 Å². The zero-order valence-corrected chi connectivity index (χ0v) is 13.8. The summed E-state index contributed by atoms with van der Waals surface area (Å²) in [6, 6.07) is 0. The van der Waals surface area contributed by atoms with Gasteiger partial charge in [-0.2, -0.15) is 4.37 Å². The molecule has 2 N–H and O–H groups in total. The van der Waals surface area contributed by atoms with Gasteiger partial charge in [-0.1, -0.05) is 20.3 Å². The number of nitrogens with two attached hydrogens (primary N) is 1. The molecule has 0 amide bonds. The molecule has 1 aliphatic heterocycles. The number of nitrogens with zero attached hydrogens (tertiary/aromatic N) is 2. The van der Waals surface area contributed by atoms with Crippen molar-refractivity contribution in [1.29, 1.82) is 0 Å². The van der Waals surface area contributed by atoms with E-state index in [9.17, 15) is 8.42 Å². The molecule has 0 radical (unpaired) electrons. The highest BCUT2D eigenvalue weighted by Crippen LogP contribution is 2.37. The van der Waals surface area contributed by atoms with Crippen molar-refractivity contribution in [2.24, 2.45) is 5.92 Å². The molecule has 5 nitrogen and oxygen atoms in total. The third-order valence-corrected chi connectivity index (χ3v) is 6.94. The Hall–Kier alpha value is -0.820. The maximum absolute atomic E-state index is 12.4. The summed E-state index contributed by atoms with van der Waals surface area (Å²) < 4.78 is 28.8. The van der Waals surface area contributed by atoms with Gasteiger partial charge in [0.1, 0.15) is 9.90 Å². The smallest absolute Gasteiger partial charge is 0.185 e. The van der Waals surface area contributed by atoms with Crippen LogP contribution in [-0.4, -0.2) is 31.6 Å². The van der Waals surface area contributed by atoms with E-state index in [2.05, 4.69) is 16.2 Å². The van der Waals surface area contributed by atoms with E-state index in [1.165, 1.54) is 18.0 Å². The number of nitrogen functional groups attached to an aromatic ring is 1. The number of aromatic nitrogens is 1. The highest BCUT2D eigenvalue weighted by Gasteiger charge is 2.29. The molecule has 1 aromatic rings. The molecule has 0 unspecified atom stereocenters. The van der Waals surface area contributed by atoms with Crippen molar-refractivity contribution in [3.63, 3.8) is 0 Å². The molecule has 2 heterocycles. The van der Waals surface area contributed by atoms with E-state index >= 15 is 0 Å². The molecule has 0 aromatic carbocycles. The Kier molecular flexibility index (Phi) is 4.90. The molecule has 0 atom stereocenters. The zero-order chi connectivity index (χ0) is 14.8. The fraction of sp³-hybridized carbons (Fsp3) is 0.769. The quantitative estimate of drug-likeness (QED) is 0.903. The minimum absolute atomic E-state index is 0.133. The molecule has 0 bridgehead atoms. The average molecular weight is 317 g/mol. The Bertz CT molecular complexity index is 546. The fourth-order valence-electron chi connectivity index (χ4n) is 2.69.